The molecule has 1 aromatic heterocycles. The number of nitrogen functional groups attached to an aromatic ring is 1. The smallest absolute Gasteiger partial charge is 0.239 e. The second-order valence-electron chi connectivity index (χ2n) is 5.39. The highest BCUT2D eigenvalue weighted by molar-refractivity contribution is 9.10. The third-order valence-corrected chi connectivity index (χ3v) is 4.34. The monoisotopic (exact) mass is 327 g/mol. The Hall–Kier alpha value is -0.880. The van der Waals surface area contributed by atoms with E-state index >= 15 is 0 Å². The van der Waals surface area contributed by atoms with Crippen molar-refractivity contribution in [3.63, 3.8) is 0 Å². The minimum Gasteiger partial charge on any atom is -0.369 e. The topological polar surface area (TPSA) is 75.9 Å². The highest BCUT2D eigenvalue weighted by Gasteiger charge is 2.18. The lowest BCUT2D eigenvalue weighted by molar-refractivity contribution is 0.274. The molecule has 1 heterocycles. The molecule has 1 aliphatic rings. The third kappa shape index (κ3) is 4.31. The fourth-order valence-electron chi connectivity index (χ4n) is 2.78. The van der Waals surface area contributed by atoms with Gasteiger partial charge in [0.15, 0.2) is 0 Å². The first kappa shape index (κ1) is 14.5. The normalized spacial score (nSPS) is 23.1. The van der Waals surface area contributed by atoms with Crippen molar-refractivity contribution in [1.29, 1.82) is 0 Å². The summed E-state index contributed by atoms with van der Waals surface area (Å²) in [6.45, 7) is 3.30. The molecule has 2 rings (SSSR count). The molecule has 0 spiro atoms. The van der Waals surface area contributed by atoms with Crippen molar-refractivity contribution in [2.75, 3.05) is 17.3 Å². The van der Waals surface area contributed by atoms with Crippen molar-refractivity contribution < 1.29 is 0 Å². The zero-order chi connectivity index (χ0) is 13.7. The van der Waals surface area contributed by atoms with Crippen LogP contribution in [0.5, 0.6) is 0 Å². The molecule has 1 saturated carbocycles. The summed E-state index contributed by atoms with van der Waals surface area (Å²) >= 11 is 3.44. The molecule has 19 heavy (non-hydrogen) atoms. The second kappa shape index (κ2) is 7.05. The maximum absolute atomic E-state index is 5.31. The maximum atomic E-state index is 5.31. The van der Waals surface area contributed by atoms with Crippen LogP contribution in [0, 0.1) is 11.8 Å². The quantitative estimate of drug-likeness (QED) is 0.572. The lowest BCUT2D eigenvalue weighted by atomic mass is 9.81. The standard InChI is InChI=1S/C13H22BrN5/c1-9-3-2-4-10(7-9)5-6-16-12-11(14)8-17-13(18-12)19-15/h8-10H,2-7,15H2,1H3,(H2,16,17,18,19). The summed E-state index contributed by atoms with van der Waals surface area (Å²) in [6.07, 6.45) is 8.41. The van der Waals surface area contributed by atoms with Gasteiger partial charge in [0.05, 0.1) is 4.47 Å². The number of rotatable bonds is 5. The van der Waals surface area contributed by atoms with Crippen LogP contribution in [0.1, 0.15) is 39.0 Å². The summed E-state index contributed by atoms with van der Waals surface area (Å²) < 4.78 is 0.864. The van der Waals surface area contributed by atoms with Crippen LogP contribution in [0.3, 0.4) is 0 Å². The summed E-state index contributed by atoms with van der Waals surface area (Å²) in [7, 11) is 0. The van der Waals surface area contributed by atoms with E-state index < -0.39 is 0 Å². The zero-order valence-electron chi connectivity index (χ0n) is 11.3. The van der Waals surface area contributed by atoms with E-state index in [0.717, 1.165) is 28.7 Å². The Morgan fingerprint density at radius 1 is 1.47 bits per heavy atom. The van der Waals surface area contributed by atoms with E-state index in [-0.39, 0.29) is 0 Å². The summed E-state index contributed by atoms with van der Waals surface area (Å²) in [5, 5.41) is 3.36. The van der Waals surface area contributed by atoms with Crippen LogP contribution in [-0.2, 0) is 0 Å². The molecule has 0 aliphatic heterocycles. The molecular weight excluding hydrogens is 306 g/mol. The van der Waals surface area contributed by atoms with Crippen LogP contribution in [0.25, 0.3) is 0 Å². The van der Waals surface area contributed by atoms with Gasteiger partial charge in [-0.05, 0) is 40.6 Å². The molecule has 1 aromatic rings. The lowest BCUT2D eigenvalue weighted by Gasteiger charge is -2.26. The number of hydrogen-bond acceptors (Lipinski definition) is 5. The highest BCUT2D eigenvalue weighted by Crippen LogP contribution is 2.30. The van der Waals surface area contributed by atoms with Gasteiger partial charge in [-0.25, -0.2) is 10.8 Å². The number of aromatic nitrogens is 2. The third-order valence-electron chi connectivity index (χ3n) is 3.76. The molecule has 0 aromatic carbocycles. The number of hydrazine groups is 1. The molecule has 1 fully saturated rings. The van der Waals surface area contributed by atoms with Gasteiger partial charge < -0.3 is 5.32 Å². The van der Waals surface area contributed by atoms with Gasteiger partial charge in [0, 0.05) is 12.7 Å². The Balaban J connectivity index is 1.81. The summed E-state index contributed by atoms with van der Waals surface area (Å²) in [5.41, 5.74) is 2.46. The largest absolute Gasteiger partial charge is 0.369 e. The van der Waals surface area contributed by atoms with Crippen LogP contribution in [0.15, 0.2) is 10.7 Å². The van der Waals surface area contributed by atoms with Crippen molar-refractivity contribution in [3.05, 3.63) is 10.7 Å². The zero-order valence-corrected chi connectivity index (χ0v) is 12.9. The Morgan fingerprint density at radius 2 is 2.32 bits per heavy atom. The minimum absolute atomic E-state index is 0.428. The van der Waals surface area contributed by atoms with Gasteiger partial charge in [0.2, 0.25) is 5.95 Å². The molecule has 106 valence electrons. The molecule has 0 bridgehead atoms. The second-order valence-corrected chi connectivity index (χ2v) is 6.24. The Kier molecular flexibility index (Phi) is 5.39. The van der Waals surface area contributed by atoms with Crippen LogP contribution >= 0.6 is 15.9 Å². The molecule has 4 N–H and O–H groups in total. The number of anilines is 2. The van der Waals surface area contributed by atoms with E-state index in [2.05, 4.69) is 43.6 Å². The van der Waals surface area contributed by atoms with Crippen molar-refractivity contribution in [2.24, 2.45) is 17.7 Å². The van der Waals surface area contributed by atoms with E-state index in [4.69, 9.17) is 5.84 Å². The molecule has 1 aliphatic carbocycles. The number of nitrogens with two attached hydrogens (primary N) is 1. The number of nitrogens with one attached hydrogen (secondary N) is 2. The van der Waals surface area contributed by atoms with Gasteiger partial charge in [0.25, 0.3) is 0 Å². The Bertz CT molecular complexity index is 412. The van der Waals surface area contributed by atoms with Crippen molar-refractivity contribution in [1.82, 2.24) is 9.97 Å². The predicted octanol–water partition coefficient (Wildman–Crippen LogP) is 3.15. The SMILES string of the molecule is CC1CCCC(CCNc2nc(NN)ncc2Br)C1. The fraction of sp³-hybridized carbons (Fsp3) is 0.692. The summed E-state index contributed by atoms with van der Waals surface area (Å²) in [4.78, 5) is 8.31. The molecule has 2 atom stereocenters. The van der Waals surface area contributed by atoms with Crippen LogP contribution in [0.2, 0.25) is 0 Å². The van der Waals surface area contributed by atoms with E-state index in [1.165, 1.54) is 32.1 Å². The van der Waals surface area contributed by atoms with Gasteiger partial charge in [-0.1, -0.05) is 26.2 Å². The summed E-state index contributed by atoms with van der Waals surface area (Å²) in [6, 6.07) is 0. The number of nitrogens with zero attached hydrogens (tertiary/aromatic N) is 2. The first-order valence-electron chi connectivity index (χ1n) is 6.92. The van der Waals surface area contributed by atoms with Crippen LogP contribution < -0.4 is 16.6 Å². The summed E-state index contributed by atoms with van der Waals surface area (Å²) in [5.74, 6) is 8.27. The van der Waals surface area contributed by atoms with E-state index in [1.54, 1.807) is 6.20 Å². The first-order valence-corrected chi connectivity index (χ1v) is 7.71. The van der Waals surface area contributed by atoms with E-state index in [0.29, 0.717) is 5.95 Å². The fourth-order valence-corrected chi connectivity index (χ4v) is 3.11. The molecule has 5 nitrogen and oxygen atoms in total. The molecule has 6 heteroatoms. The van der Waals surface area contributed by atoms with Gasteiger partial charge in [-0.15, -0.1) is 0 Å². The van der Waals surface area contributed by atoms with Crippen LogP contribution in [0.4, 0.5) is 11.8 Å². The van der Waals surface area contributed by atoms with Gasteiger partial charge in [0.1, 0.15) is 5.82 Å². The van der Waals surface area contributed by atoms with Gasteiger partial charge in [-0.3, -0.25) is 5.43 Å². The number of hydrogen-bond donors (Lipinski definition) is 3. The van der Waals surface area contributed by atoms with Crippen molar-refractivity contribution >= 4 is 27.7 Å². The molecular formula is C13H22BrN5. The maximum Gasteiger partial charge on any atom is 0.239 e. The molecule has 2 unspecified atom stereocenters. The highest BCUT2D eigenvalue weighted by atomic mass is 79.9. The minimum atomic E-state index is 0.428. The van der Waals surface area contributed by atoms with Crippen LogP contribution in [-0.4, -0.2) is 16.5 Å². The Labute approximate surface area is 122 Å². The predicted molar refractivity (Wildman–Crippen MR) is 81.8 cm³/mol. The van der Waals surface area contributed by atoms with E-state index in [1.807, 2.05) is 0 Å². The van der Waals surface area contributed by atoms with Crippen molar-refractivity contribution in [3.8, 4) is 0 Å². The first-order chi connectivity index (χ1) is 9.19. The van der Waals surface area contributed by atoms with Crippen molar-refractivity contribution in [2.45, 2.75) is 39.0 Å². The Morgan fingerprint density at radius 3 is 3.05 bits per heavy atom. The van der Waals surface area contributed by atoms with Gasteiger partial charge in [-0.2, -0.15) is 4.98 Å². The average molecular weight is 328 g/mol. The lowest BCUT2D eigenvalue weighted by Crippen LogP contribution is -2.17. The molecule has 0 amide bonds. The number of halogens is 1. The van der Waals surface area contributed by atoms with E-state index in [9.17, 15) is 0 Å². The van der Waals surface area contributed by atoms with Gasteiger partial charge >= 0.3 is 0 Å². The average Bonchev–Trinajstić information content (AvgIpc) is 2.41. The molecule has 0 saturated heterocycles. The molecule has 0 radical (unpaired) electrons.